The van der Waals surface area contributed by atoms with Crippen LogP contribution >= 0.6 is 0 Å². The van der Waals surface area contributed by atoms with Gasteiger partial charge in [0.2, 0.25) is 0 Å². The maximum Gasteiger partial charge on any atom is 0.160 e. The number of hydrogen-bond donors (Lipinski definition) is 0. The van der Waals surface area contributed by atoms with Gasteiger partial charge in [0.1, 0.15) is 11.6 Å². The lowest BCUT2D eigenvalue weighted by molar-refractivity contribution is 0.308. The maximum atomic E-state index is 5.20. The van der Waals surface area contributed by atoms with Crippen molar-refractivity contribution < 1.29 is 9.47 Å². The van der Waals surface area contributed by atoms with Crippen molar-refractivity contribution >= 4 is 16.7 Å². The van der Waals surface area contributed by atoms with Gasteiger partial charge in [-0.25, -0.2) is 9.97 Å². The molecule has 3 aromatic rings. The van der Waals surface area contributed by atoms with E-state index in [1.165, 1.54) is 31.2 Å². The topological polar surface area (TPSA) is 47.5 Å². The van der Waals surface area contributed by atoms with Crippen molar-refractivity contribution in [1.82, 2.24) is 9.97 Å². The Balaban J connectivity index is 0.000000192. The summed E-state index contributed by atoms with van der Waals surface area (Å²) in [7, 11) is 7.30. The summed E-state index contributed by atoms with van der Waals surface area (Å²) in [5.41, 5.74) is 2.30. The number of rotatable bonds is 5. The SMILES string of the molecule is CC1CCC(C)CC1.CCCc1ccc(OC)c(OC)c1.Cc1nc(N(C)C)c2ccccc2n1. The highest BCUT2D eigenvalue weighted by atomic mass is 16.5. The molecule has 192 valence electrons. The van der Waals surface area contributed by atoms with E-state index in [-0.39, 0.29) is 0 Å². The second-order valence-electron chi connectivity index (χ2n) is 9.81. The number of anilines is 1. The number of aryl methyl sites for hydroxylation is 2. The lowest BCUT2D eigenvalue weighted by Gasteiger charge is -2.22. The fourth-order valence-corrected chi connectivity index (χ4v) is 4.27. The molecule has 4 rings (SSSR count). The molecule has 1 aliphatic rings. The highest BCUT2D eigenvalue weighted by molar-refractivity contribution is 5.89. The molecule has 0 aliphatic heterocycles. The molecule has 0 bridgehead atoms. The highest BCUT2D eigenvalue weighted by Crippen LogP contribution is 2.28. The van der Waals surface area contributed by atoms with E-state index in [2.05, 4.69) is 36.8 Å². The predicted octanol–water partition coefficient (Wildman–Crippen LogP) is 7.49. The van der Waals surface area contributed by atoms with Crippen LogP contribution in [0.1, 0.15) is 64.3 Å². The minimum Gasteiger partial charge on any atom is -0.493 e. The number of benzene rings is 2. The summed E-state index contributed by atoms with van der Waals surface area (Å²) in [4.78, 5) is 10.8. The first kappa shape index (κ1) is 28.4. The van der Waals surface area contributed by atoms with Crippen LogP contribution in [-0.4, -0.2) is 38.3 Å². The Bertz CT molecular complexity index is 1020. The third-order valence-corrected chi connectivity index (χ3v) is 6.41. The molecule has 1 aliphatic carbocycles. The number of para-hydroxylation sites is 1. The number of fused-ring (bicyclic) bond motifs is 1. The van der Waals surface area contributed by atoms with Crippen LogP contribution in [0.3, 0.4) is 0 Å². The molecule has 1 heterocycles. The number of aromatic nitrogens is 2. The van der Waals surface area contributed by atoms with Gasteiger partial charge in [-0.3, -0.25) is 0 Å². The van der Waals surface area contributed by atoms with Gasteiger partial charge < -0.3 is 14.4 Å². The number of nitrogens with zero attached hydrogens (tertiary/aromatic N) is 3. The number of ether oxygens (including phenoxy) is 2. The summed E-state index contributed by atoms with van der Waals surface area (Å²) in [6, 6.07) is 14.1. The van der Waals surface area contributed by atoms with Crippen LogP contribution in [0.5, 0.6) is 11.5 Å². The van der Waals surface area contributed by atoms with Crippen LogP contribution in [0.4, 0.5) is 5.82 Å². The van der Waals surface area contributed by atoms with Crippen LogP contribution in [0.2, 0.25) is 0 Å². The van der Waals surface area contributed by atoms with Crippen molar-refractivity contribution in [2.45, 2.75) is 66.2 Å². The van der Waals surface area contributed by atoms with Gasteiger partial charge in [0.05, 0.1) is 19.7 Å². The molecule has 35 heavy (non-hydrogen) atoms. The van der Waals surface area contributed by atoms with E-state index in [4.69, 9.17) is 9.47 Å². The lowest BCUT2D eigenvalue weighted by atomic mass is 9.84. The molecule has 0 radical (unpaired) electrons. The quantitative estimate of drug-likeness (QED) is 0.379. The zero-order chi connectivity index (χ0) is 25.8. The van der Waals surface area contributed by atoms with Gasteiger partial charge in [0, 0.05) is 19.5 Å². The second kappa shape index (κ2) is 14.6. The summed E-state index contributed by atoms with van der Waals surface area (Å²) in [6.07, 6.45) is 8.13. The van der Waals surface area contributed by atoms with E-state index in [1.54, 1.807) is 14.2 Å². The summed E-state index contributed by atoms with van der Waals surface area (Å²) in [6.45, 7) is 8.81. The summed E-state index contributed by atoms with van der Waals surface area (Å²) >= 11 is 0. The molecule has 0 amide bonds. The standard InChI is InChI=1S/C11H13N3.C11H16O2.C8H16/c1-8-12-10-7-5-4-6-9(10)11(13-8)14(2)3;1-4-5-9-6-7-10(12-2)11(8-9)13-3;1-7-3-5-8(2)6-4-7/h4-7H,1-3H3;6-8H,4-5H2,1-3H3;7-8H,3-6H2,1-2H3. The van der Waals surface area contributed by atoms with Gasteiger partial charge in [-0.1, -0.05) is 71.1 Å². The zero-order valence-electron chi connectivity index (χ0n) is 23.1. The molecule has 1 saturated carbocycles. The predicted molar refractivity (Wildman–Crippen MR) is 149 cm³/mol. The molecule has 2 aromatic carbocycles. The van der Waals surface area contributed by atoms with Gasteiger partial charge >= 0.3 is 0 Å². The molecule has 0 N–H and O–H groups in total. The van der Waals surface area contributed by atoms with Crippen LogP contribution in [-0.2, 0) is 6.42 Å². The Morgan fingerprint density at radius 2 is 1.46 bits per heavy atom. The van der Waals surface area contributed by atoms with Crippen molar-refractivity contribution in [1.29, 1.82) is 0 Å². The first-order valence-electron chi connectivity index (χ1n) is 12.9. The Morgan fingerprint density at radius 3 is 2.00 bits per heavy atom. The van der Waals surface area contributed by atoms with Crippen molar-refractivity contribution in [3.63, 3.8) is 0 Å². The van der Waals surface area contributed by atoms with Gasteiger partial charge in [0.25, 0.3) is 0 Å². The van der Waals surface area contributed by atoms with E-state index in [0.717, 1.165) is 58.7 Å². The minimum atomic E-state index is 0.794. The second-order valence-corrected chi connectivity index (χ2v) is 9.81. The minimum absolute atomic E-state index is 0.794. The molecular weight excluding hydrogens is 434 g/mol. The van der Waals surface area contributed by atoms with E-state index >= 15 is 0 Å². The molecular formula is C30H45N3O2. The average Bonchev–Trinajstić information content (AvgIpc) is 2.86. The first-order valence-corrected chi connectivity index (χ1v) is 12.9. The molecule has 5 nitrogen and oxygen atoms in total. The molecule has 1 fully saturated rings. The van der Waals surface area contributed by atoms with E-state index < -0.39 is 0 Å². The number of methoxy groups -OCH3 is 2. The zero-order valence-corrected chi connectivity index (χ0v) is 23.1. The fourth-order valence-electron chi connectivity index (χ4n) is 4.27. The Morgan fingerprint density at radius 1 is 0.857 bits per heavy atom. The summed E-state index contributed by atoms with van der Waals surface area (Å²) < 4.78 is 10.3. The smallest absolute Gasteiger partial charge is 0.160 e. The Hall–Kier alpha value is -2.82. The highest BCUT2D eigenvalue weighted by Gasteiger charge is 2.13. The van der Waals surface area contributed by atoms with E-state index in [1.807, 2.05) is 62.3 Å². The molecule has 1 aromatic heterocycles. The molecule has 5 heteroatoms. The lowest BCUT2D eigenvalue weighted by Crippen LogP contribution is -2.12. The van der Waals surface area contributed by atoms with Crippen molar-refractivity contribution in [2.75, 3.05) is 33.2 Å². The van der Waals surface area contributed by atoms with Crippen LogP contribution in [0.15, 0.2) is 42.5 Å². The van der Waals surface area contributed by atoms with E-state index in [9.17, 15) is 0 Å². The Kier molecular flexibility index (Phi) is 11.8. The van der Waals surface area contributed by atoms with Crippen molar-refractivity contribution in [2.24, 2.45) is 11.8 Å². The summed E-state index contributed by atoms with van der Waals surface area (Å²) in [5.74, 6) is 5.44. The van der Waals surface area contributed by atoms with Gasteiger partial charge in [0.15, 0.2) is 11.5 Å². The summed E-state index contributed by atoms with van der Waals surface area (Å²) in [5, 5.41) is 1.10. The van der Waals surface area contributed by atoms with Gasteiger partial charge in [-0.2, -0.15) is 0 Å². The molecule has 0 unspecified atom stereocenters. The average molecular weight is 480 g/mol. The third-order valence-electron chi connectivity index (χ3n) is 6.41. The van der Waals surface area contributed by atoms with Crippen LogP contribution in [0.25, 0.3) is 10.9 Å². The normalized spacial score (nSPS) is 16.9. The molecule has 0 atom stereocenters. The molecule has 0 saturated heterocycles. The fraction of sp³-hybridized carbons (Fsp3) is 0.533. The first-order chi connectivity index (χ1) is 16.8. The maximum absolute atomic E-state index is 5.20. The molecule has 0 spiro atoms. The van der Waals surface area contributed by atoms with Gasteiger partial charge in [-0.15, -0.1) is 0 Å². The van der Waals surface area contributed by atoms with Crippen LogP contribution < -0.4 is 14.4 Å². The van der Waals surface area contributed by atoms with E-state index in [0.29, 0.717) is 0 Å². The van der Waals surface area contributed by atoms with Gasteiger partial charge in [-0.05, 0) is 55.0 Å². The third kappa shape index (κ3) is 9.04. The Labute approximate surface area is 212 Å². The van der Waals surface area contributed by atoms with Crippen molar-refractivity contribution in [3.05, 3.63) is 53.9 Å². The monoisotopic (exact) mass is 479 g/mol. The largest absolute Gasteiger partial charge is 0.493 e. The van der Waals surface area contributed by atoms with Crippen LogP contribution in [0, 0.1) is 18.8 Å². The number of hydrogen-bond acceptors (Lipinski definition) is 5. The van der Waals surface area contributed by atoms with Crippen molar-refractivity contribution in [3.8, 4) is 11.5 Å².